The summed E-state index contributed by atoms with van der Waals surface area (Å²) in [5.41, 5.74) is -0.0482. The monoisotopic (exact) mass is 537 g/mol. The molecule has 1 aliphatic heterocycles. The van der Waals surface area contributed by atoms with E-state index >= 15 is 0 Å². The van der Waals surface area contributed by atoms with Gasteiger partial charge in [-0.15, -0.1) is 0 Å². The molecule has 10 nitrogen and oxygen atoms in total. The maximum absolute atomic E-state index is 13.5. The van der Waals surface area contributed by atoms with Gasteiger partial charge in [0.05, 0.1) is 31.2 Å². The lowest BCUT2D eigenvalue weighted by atomic mass is 9.52. The van der Waals surface area contributed by atoms with E-state index in [1.54, 1.807) is 10.9 Å². The van der Waals surface area contributed by atoms with Gasteiger partial charge in [0.1, 0.15) is 5.56 Å². The summed E-state index contributed by atoms with van der Waals surface area (Å²) >= 11 is 0. The Morgan fingerprint density at radius 1 is 1.19 bits per heavy atom. The normalized spacial score (nSPS) is 32.2. The SMILES string of the molecule is CC(C)COc1c(C(=O)NC2C3CC4CC2CC(O)(C4)C3)cnn1CCN1CCC(NS(C)(=O)=O)CC1. The molecule has 5 aliphatic rings. The van der Waals surface area contributed by atoms with E-state index < -0.39 is 15.6 Å². The number of aromatic nitrogens is 2. The van der Waals surface area contributed by atoms with Gasteiger partial charge in [0, 0.05) is 18.6 Å². The van der Waals surface area contributed by atoms with Crippen LogP contribution >= 0.6 is 0 Å². The van der Waals surface area contributed by atoms with Gasteiger partial charge in [0.2, 0.25) is 15.9 Å². The van der Waals surface area contributed by atoms with Crippen molar-refractivity contribution in [3.8, 4) is 5.88 Å². The van der Waals surface area contributed by atoms with Crippen LogP contribution in [0.25, 0.3) is 0 Å². The number of carbonyl (C=O) groups excluding carboxylic acids is 1. The third-order valence-electron chi connectivity index (χ3n) is 8.72. The molecule has 1 saturated heterocycles. The number of piperidine rings is 1. The minimum atomic E-state index is -3.19. The molecule has 208 valence electrons. The summed E-state index contributed by atoms with van der Waals surface area (Å²) in [5, 5.41) is 18.7. The van der Waals surface area contributed by atoms with E-state index in [4.69, 9.17) is 4.74 Å². The van der Waals surface area contributed by atoms with Crippen LogP contribution in [0.1, 0.15) is 69.2 Å². The Kier molecular flexibility index (Phi) is 7.61. The standard InChI is InChI=1S/C26H43N5O5S/c1-17(2)16-36-25-22(24(32)28-23-19-10-18-11-20(23)14-26(33,12-18)13-19)15-27-31(25)9-8-30-6-4-21(5-7-30)29-37(3,34)35/h15,17-21,23,29,33H,4-14,16H2,1-3H3,(H,28,32). The number of nitrogens with zero attached hydrogens (tertiary/aromatic N) is 3. The van der Waals surface area contributed by atoms with E-state index in [-0.39, 0.29) is 18.0 Å². The molecule has 2 atom stereocenters. The van der Waals surface area contributed by atoms with Crippen molar-refractivity contribution in [2.75, 3.05) is 32.5 Å². The summed E-state index contributed by atoms with van der Waals surface area (Å²) < 4.78 is 33.7. The Labute approximate surface area is 220 Å². The largest absolute Gasteiger partial charge is 0.477 e. The molecule has 37 heavy (non-hydrogen) atoms. The molecular formula is C26H43N5O5S. The van der Waals surface area contributed by atoms with Crippen LogP contribution in [-0.4, -0.2) is 84.3 Å². The summed E-state index contributed by atoms with van der Waals surface area (Å²) in [4.78, 5) is 15.8. The van der Waals surface area contributed by atoms with Gasteiger partial charge in [0.15, 0.2) is 0 Å². The molecule has 0 radical (unpaired) electrons. The predicted octanol–water partition coefficient (Wildman–Crippen LogP) is 1.60. The molecule has 4 saturated carbocycles. The van der Waals surface area contributed by atoms with Gasteiger partial charge in [-0.05, 0) is 81.7 Å². The summed E-state index contributed by atoms with van der Waals surface area (Å²) in [6.45, 7) is 7.61. The first-order valence-corrected chi connectivity index (χ1v) is 15.8. The summed E-state index contributed by atoms with van der Waals surface area (Å²) in [6, 6.07) is 0.0922. The molecule has 4 bridgehead atoms. The minimum Gasteiger partial charge on any atom is -0.477 e. The minimum absolute atomic E-state index is 0.0120. The summed E-state index contributed by atoms with van der Waals surface area (Å²) in [6.07, 6.45) is 9.06. The molecule has 2 unspecified atom stereocenters. The van der Waals surface area contributed by atoms with Crippen LogP contribution in [0.3, 0.4) is 0 Å². The lowest BCUT2D eigenvalue weighted by Gasteiger charge is -2.58. The summed E-state index contributed by atoms with van der Waals surface area (Å²) in [7, 11) is -3.19. The van der Waals surface area contributed by atoms with Crippen molar-refractivity contribution in [2.45, 2.75) is 83.0 Å². The number of carbonyl (C=O) groups is 1. The van der Waals surface area contributed by atoms with Crippen LogP contribution < -0.4 is 14.8 Å². The lowest BCUT2D eigenvalue weighted by molar-refractivity contribution is -0.136. The molecule has 11 heteroatoms. The average Bonchev–Trinajstić information content (AvgIpc) is 3.20. The second-order valence-corrected chi connectivity index (χ2v) is 14.3. The number of sulfonamides is 1. The smallest absolute Gasteiger partial charge is 0.258 e. The maximum atomic E-state index is 13.5. The predicted molar refractivity (Wildman–Crippen MR) is 140 cm³/mol. The van der Waals surface area contributed by atoms with Gasteiger partial charge < -0.3 is 20.1 Å². The first-order chi connectivity index (χ1) is 17.5. The van der Waals surface area contributed by atoms with Crippen molar-refractivity contribution < 1.29 is 23.1 Å². The third-order valence-corrected chi connectivity index (χ3v) is 9.49. The zero-order valence-electron chi connectivity index (χ0n) is 22.4. The van der Waals surface area contributed by atoms with Gasteiger partial charge in [-0.2, -0.15) is 5.10 Å². The van der Waals surface area contributed by atoms with Crippen LogP contribution in [0.2, 0.25) is 0 Å². The number of rotatable bonds is 10. The summed E-state index contributed by atoms with van der Waals surface area (Å²) in [5.74, 6) is 1.97. The van der Waals surface area contributed by atoms with Crippen molar-refractivity contribution in [1.82, 2.24) is 24.7 Å². The number of ether oxygens (including phenoxy) is 1. The Balaban J connectivity index is 1.22. The number of amides is 1. The van der Waals surface area contributed by atoms with Gasteiger partial charge in [0.25, 0.3) is 5.91 Å². The third kappa shape index (κ3) is 6.32. The topological polar surface area (TPSA) is 126 Å². The highest BCUT2D eigenvalue weighted by molar-refractivity contribution is 7.88. The average molecular weight is 538 g/mol. The quantitative estimate of drug-likeness (QED) is 0.414. The Hall–Kier alpha value is -1.69. The number of hydrogen-bond donors (Lipinski definition) is 3. The number of nitrogens with one attached hydrogen (secondary N) is 2. The van der Waals surface area contributed by atoms with E-state index in [9.17, 15) is 18.3 Å². The van der Waals surface area contributed by atoms with E-state index in [1.165, 1.54) is 6.26 Å². The first-order valence-electron chi connectivity index (χ1n) is 13.9. The van der Waals surface area contributed by atoms with Crippen molar-refractivity contribution in [1.29, 1.82) is 0 Å². The second kappa shape index (κ2) is 10.5. The van der Waals surface area contributed by atoms with E-state index in [1.807, 2.05) is 0 Å². The lowest BCUT2D eigenvalue weighted by Crippen LogP contribution is -2.61. The maximum Gasteiger partial charge on any atom is 0.258 e. The fourth-order valence-electron chi connectivity index (χ4n) is 7.35. The Morgan fingerprint density at radius 3 is 2.46 bits per heavy atom. The molecule has 0 aromatic carbocycles. The van der Waals surface area contributed by atoms with Gasteiger partial charge in [-0.3, -0.25) is 4.79 Å². The van der Waals surface area contributed by atoms with Crippen molar-refractivity contribution in [3.05, 3.63) is 11.8 Å². The molecule has 1 aromatic heterocycles. The molecule has 5 fully saturated rings. The fourth-order valence-corrected chi connectivity index (χ4v) is 8.19. The molecule has 4 aliphatic carbocycles. The molecule has 2 heterocycles. The molecular weight excluding hydrogens is 494 g/mol. The van der Waals surface area contributed by atoms with Crippen molar-refractivity contribution in [3.63, 3.8) is 0 Å². The van der Waals surface area contributed by atoms with Crippen LogP contribution in [-0.2, 0) is 16.6 Å². The van der Waals surface area contributed by atoms with Gasteiger partial charge >= 0.3 is 0 Å². The molecule has 1 amide bonds. The van der Waals surface area contributed by atoms with Crippen LogP contribution in [0.5, 0.6) is 5.88 Å². The Morgan fingerprint density at radius 2 is 1.86 bits per heavy atom. The van der Waals surface area contributed by atoms with E-state index in [2.05, 4.69) is 33.9 Å². The highest BCUT2D eigenvalue weighted by atomic mass is 32.2. The number of hydrogen-bond acceptors (Lipinski definition) is 7. The van der Waals surface area contributed by atoms with E-state index in [0.717, 1.165) is 64.6 Å². The number of aliphatic hydroxyl groups is 1. The molecule has 0 spiro atoms. The van der Waals surface area contributed by atoms with Gasteiger partial charge in [-0.1, -0.05) is 13.8 Å². The first kappa shape index (κ1) is 26.9. The van der Waals surface area contributed by atoms with Crippen LogP contribution in [0, 0.1) is 23.7 Å². The van der Waals surface area contributed by atoms with Crippen LogP contribution in [0.4, 0.5) is 0 Å². The van der Waals surface area contributed by atoms with E-state index in [0.29, 0.717) is 48.3 Å². The second-order valence-electron chi connectivity index (χ2n) is 12.5. The van der Waals surface area contributed by atoms with Crippen molar-refractivity contribution >= 4 is 15.9 Å². The highest BCUT2D eigenvalue weighted by Gasteiger charge is 2.55. The Bertz CT molecular complexity index is 1070. The van der Waals surface area contributed by atoms with Gasteiger partial charge in [-0.25, -0.2) is 17.8 Å². The van der Waals surface area contributed by atoms with Crippen molar-refractivity contribution in [2.24, 2.45) is 23.7 Å². The number of likely N-dealkylation sites (tertiary alicyclic amines) is 1. The zero-order chi connectivity index (χ0) is 26.4. The molecule has 3 N–H and O–H groups in total. The fraction of sp³-hybridized carbons (Fsp3) is 0.846. The molecule has 1 aromatic rings. The zero-order valence-corrected chi connectivity index (χ0v) is 23.2. The van der Waals surface area contributed by atoms with Crippen LogP contribution in [0.15, 0.2) is 6.20 Å². The highest BCUT2D eigenvalue weighted by Crippen LogP contribution is 2.55. The molecule has 6 rings (SSSR count).